The molecule has 2 heterocycles. The summed E-state index contributed by atoms with van der Waals surface area (Å²) in [6.45, 7) is 8.10. The van der Waals surface area contributed by atoms with Gasteiger partial charge in [-0.15, -0.1) is 0 Å². The smallest absolute Gasteiger partial charge is 0.311 e. The highest BCUT2D eigenvalue weighted by atomic mass is 16.4. The van der Waals surface area contributed by atoms with Crippen LogP contribution in [0.3, 0.4) is 0 Å². The standard InChI is InChI=1S/C15H21N3O3/c1-9(2)12-11(7-16-10(3)17-12)13(19)18-6-5-15(4,8-18)14(20)21/h7,9H,5-6,8H2,1-4H3,(H,20,21). The number of carboxylic acid groups (broad SMARTS) is 1. The number of nitrogens with zero attached hydrogens (tertiary/aromatic N) is 3. The van der Waals surface area contributed by atoms with Crippen molar-refractivity contribution < 1.29 is 14.7 Å². The SMILES string of the molecule is Cc1ncc(C(=O)N2CCC(C)(C(=O)O)C2)c(C(C)C)n1. The lowest BCUT2D eigenvalue weighted by Crippen LogP contribution is -2.35. The van der Waals surface area contributed by atoms with Crippen molar-refractivity contribution in [1.82, 2.24) is 14.9 Å². The molecule has 0 aromatic carbocycles. The lowest BCUT2D eigenvalue weighted by atomic mass is 9.90. The summed E-state index contributed by atoms with van der Waals surface area (Å²) in [6.07, 6.45) is 2.02. The lowest BCUT2D eigenvalue weighted by Gasteiger charge is -2.21. The number of amides is 1. The molecule has 1 aromatic rings. The first kappa shape index (κ1) is 15.4. The number of hydrogen-bond donors (Lipinski definition) is 1. The molecule has 21 heavy (non-hydrogen) atoms. The Morgan fingerprint density at radius 3 is 2.62 bits per heavy atom. The average Bonchev–Trinajstić information content (AvgIpc) is 2.82. The molecule has 1 amide bonds. The van der Waals surface area contributed by atoms with Crippen LogP contribution in [0.25, 0.3) is 0 Å². The first-order valence-corrected chi connectivity index (χ1v) is 7.11. The van der Waals surface area contributed by atoms with Gasteiger partial charge in [0.2, 0.25) is 0 Å². The normalized spacial score (nSPS) is 21.9. The van der Waals surface area contributed by atoms with Crippen LogP contribution in [0.1, 0.15) is 55.0 Å². The third-order valence-electron chi connectivity index (χ3n) is 3.99. The molecule has 0 spiro atoms. The maximum atomic E-state index is 12.6. The zero-order valence-electron chi connectivity index (χ0n) is 12.9. The molecule has 0 saturated carbocycles. The van der Waals surface area contributed by atoms with Gasteiger partial charge in [0.15, 0.2) is 0 Å². The number of aryl methyl sites for hydroxylation is 1. The van der Waals surface area contributed by atoms with Gasteiger partial charge in [-0.1, -0.05) is 13.8 Å². The van der Waals surface area contributed by atoms with Crippen LogP contribution in [0.5, 0.6) is 0 Å². The second-order valence-corrected chi connectivity index (χ2v) is 6.21. The molecule has 1 atom stereocenters. The van der Waals surface area contributed by atoms with Crippen molar-refractivity contribution in [2.45, 2.75) is 40.0 Å². The molecule has 1 aliphatic rings. The number of aromatic nitrogens is 2. The largest absolute Gasteiger partial charge is 0.481 e. The number of carbonyl (C=O) groups excluding carboxylic acids is 1. The van der Waals surface area contributed by atoms with Gasteiger partial charge in [0.25, 0.3) is 5.91 Å². The van der Waals surface area contributed by atoms with E-state index < -0.39 is 11.4 Å². The van der Waals surface area contributed by atoms with Gasteiger partial charge >= 0.3 is 5.97 Å². The zero-order valence-corrected chi connectivity index (χ0v) is 12.9. The summed E-state index contributed by atoms with van der Waals surface area (Å²) in [4.78, 5) is 34.0. The molecule has 0 radical (unpaired) electrons. The highest BCUT2D eigenvalue weighted by molar-refractivity contribution is 5.96. The minimum Gasteiger partial charge on any atom is -0.481 e. The molecule has 114 valence electrons. The number of likely N-dealkylation sites (tertiary alicyclic amines) is 1. The maximum absolute atomic E-state index is 12.6. The summed E-state index contributed by atoms with van der Waals surface area (Å²) < 4.78 is 0. The van der Waals surface area contributed by atoms with Gasteiger partial charge in [-0.25, -0.2) is 9.97 Å². The van der Waals surface area contributed by atoms with Crippen LogP contribution in [0.4, 0.5) is 0 Å². The van der Waals surface area contributed by atoms with Gasteiger partial charge in [0.1, 0.15) is 5.82 Å². The van der Waals surface area contributed by atoms with Crippen LogP contribution in [-0.4, -0.2) is 44.9 Å². The van der Waals surface area contributed by atoms with E-state index in [1.807, 2.05) is 13.8 Å². The fourth-order valence-corrected chi connectivity index (χ4v) is 2.57. The Labute approximate surface area is 124 Å². The van der Waals surface area contributed by atoms with Crippen LogP contribution in [0.15, 0.2) is 6.20 Å². The number of carbonyl (C=O) groups is 2. The first-order chi connectivity index (χ1) is 9.74. The molecule has 1 saturated heterocycles. The predicted molar refractivity (Wildman–Crippen MR) is 77.1 cm³/mol. The fourth-order valence-electron chi connectivity index (χ4n) is 2.57. The van der Waals surface area contributed by atoms with Gasteiger partial charge in [-0.2, -0.15) is 0 Å². The van der Waals surface area contributed by atoms with E-state index in [1.165, 1.54) is 0 Å². The Morgan fingerprint density at radius 1 is 1.43 bits per heavy atom. The van der Waals surface area contributed by atoms with Crippen molar-refractivity contribution in [3.05, 3.63) is 23.3 Å². The molecule has 1 aromatic heterocycles. The summed E-state index contributed by atoms with van der Waals surface area (Å²) in [5.74, 6) is -0.295. The van der Waals surface area contributed by atoms with Crippen LogP contribution in [0, 0.1) is 12.3 Å². The topological polar surface area (TPSA) is 83.4 Å². The molecule has 6 nitrogen and oxygen atoms in total. The monoisotopic (exact) mass is 291 g/mol. The zero-order chi connectivity index (χ0) is 15.8. The van der Waals surface area contributed by atoms with Crippen molar-refractivity contribution in [3.63, 3.8) is 0 Å². The van der Waals surface area contributed by atoms with Crippen molar-refractivity contribution in [2.75, 3.05) is 13.1 Å². The van der Waals surface area contributed by atoms with Crippen LogP contribution in [0.2, 0.25) is 0 Å². The highest BCUT2D eigenvalue weighted by Crippen LogP contribution is 2.31. The van der Waals surface area contributed by atoms with E-state index in [0.29, 0.717) is 24.4 Å². The van der Waals surface area contributed by atoms with Crippen LogP contribution >= 0.6 is 0 Å². The second-order valence-electron chi connectivity index (χ2n) is 6.21. The fraction of sp³-hybridized carbons (Fsp3) is 0.600. The van der Waals surface area contributed by atoms with Crippen LogP contribution < -0.4 is 0 Å². The Kier molecular flexibility index (Phi) is 3.98. The van der Waals surface area contributed by atoms with E-state index in [9.17, 15) is 14.7 Å². The quantitative estimate of drug-likeness (QED) is 0.918. The number of aliphatic carboxylic acids is 1. The first-order valence-electron chi connectivity index (χ1n) is 7.11. The minimum absolute atomic E-state index is 0.110. The molecule has 6 heteroatoms. The Hall–Kier alpha value is -1.98. The van der Waals surface area contributed by atoms with Gasteiger partial charge in [0.05, 0.1) is 16.7 Å². The number of carboxylic acids is 1. The van der Waals surface area contributed by atoms with E-state index >= 15 is 0 Å². The summed E-state index contributed by atoms with van der Waals surface area (Å²) >= 11 is 0. The average molecular weight is 291 g/mol. The molecule has 1 fully saturated rings. The van der Waals surface area contributed by atoms with E-state index in [2.05, 4.69) is 9.97 Å². The van der Waals surface area contributed by atoms with Gasteiger partial charge in [-0.3, -0.25) is 9.59 Å². The van der Waals surface area contributed by atoms with E-state index in [4.69, 9.17) is 0 Å². The van der Waals surface area contributed by atoms with Gasteiger partial charge in [-0.05, 0) is 26.2 Å². The maximum Gasteiger partial charge on any atom is 0.311 e. The van der Waals surface area contributed by atoms with Crippen molar-refractivity contribution in [1.29, 1.82) is 0 Å². The van der Waals surface area contributed by atoms with Crippen molar-refractivity contribution >= 4 is 11.9 Å². The summed E-state index contributed by atoms with van der Waals surface area (Å²) in [5.41, 5.74) is 0.334. The Bertz CT molecular complexity index is 586. The summed E-state index contributed by atoms with van der Waals surface area (Å²) in [7, 11) is 0. The molecule has 1 unspecified atom stereocenters. The number of hydrogen-bond acceptors (Lipinski definition) is 4. The molecule has 0 bridgehead atoms. The van der Waals surface area contributed by atoms with Crippen molar-refractivity contribution in [3.8, 4) is 0 Å². The Morgan fingerprint density at radius 2 is 2.10 bits per heavy atom. The third-order valence-corrected chi connectivity index (χ3v) is 3.99. The van der Waals surface area contributed by atoms with E-state index in [1.54, 1.807) is 24.9 Å². The van der Waals surface area contributed by atoms with Gasteiger partial charge < -0.3 is 10.0 Å². The van der Waals surface area contributed by atoms with Gasteiger partial charge in [0, 0.05) is 19.3 Å². The van der Waals surface area contributed by atoms with Crippen molar-refractivity contribution in [2.24, 2.45) is 5.41 Å². The minimum atomic E-state index is -0.862. The lowest BCUT2D eigenvalue weighted by molar-refractivity contribution is -0.147. The van der Waals surface area contributed by atoms with E-state index in [0.717, 1.165) is 5.69 Å². The molecular weight excluding hydrogens is 270 g/mol. The Balaban J connectivity index is 2.28. The third kappa shape index (κ3) is 2.89. The summed E-state index contributed by atoms with van der Waals surface area (Å²) in [5, 5.41) is 9.26. The van der Waals surface area contributed by atoms with Crippen LogP contribution in [-0.2, 0) is 4.79 Å². The number of rotatable bonds is 3. The molecular formula is C15H21N3O3. The molecule has 2 rings (SSSR count). The van der Waals surface area contributed by atoms with E-state index in [-0.39, 0.29) is 18.4 Å². The highest BCUT2D eigenvalue weighted by Gasteiger charge is 2.42. The predicted octanol–water partition coefficient (Wildman–Crippen LogP) is 1.85. The molecule has 0 aliphatic carbocycles. The second kappa shape index (κ2) is 5.42. The molecule has 1 aliphatic heterocycles. The molecule has 1 N–H and O–H groups in total. The summed E-state index contributed by atoms with van der Waals surface area (Å²) in [6, 6.07) is 0.